The van der Waals surface area contributed by atoms with E-state index in [-0.39, 0.29) is 31.4 Å². The third-order valence-corrected chi connectivity index (χ3v) is 4.51. The SMILES string of the molecule is CCN(CCO)[C@@H]1CCCC[C@H]1NC(=O)OCc1ccccc1. The van der Waals surface area contributed by atoms with Crippen LogP contribution in [0.1, 0.15) is 38.2 Å². The maximum absolute atomic E-state index is 12.1. The minimum absolute atomic E-state index is 0.0959. The number of aliphatic hydroxyl groups excluding tert-OH is 1. The number of aliphatic hydroxyl groups is 1. The number of alkyl carbamates (subject to hydrolysis) is 1. The van der Waals surface area contributed by atoms with E-state index < -0.39 is 0 Å². The molecule has 2 rings (SSSR count). The maximum atomic E-state index is 12.1. The molecule has 0 bridgehead atoms. The summed E-state index contributed by atoms with van der Waals surface area (Å²) < 4.78 is 5.33. The molecule has 2 N–H and O–H groups in total. The fourth-order valence-corrected chi connectivity index (χ4v) is 3.32. The smallest absolute Gasteiger partial charge is 0.407 e. The van der Waals surface area contributed by atoms with Gasteiger partial charge in [-0.1, -0.05) is 50.1 Å². The fraction of sp³-hybridized carbons (Fsp3) is 0.611. The van der Waals surface area contributed by atoms with Gasteiger partial charge in [0.1, 0.15) is 6.61 Å². The molecule has 1 aliphatic rings. The molecule has 1 fully saturated rings. The van der Waals surface area contributed by atoms with Crippen LogP contribution in [0.15, 0.2) is 30.3 Å². The first-order valence-corrected chi connectivity index (χ1v) is 8.56. The second-order valence-corrected chi connectivity index (χ2v) is 6.02. The molecule has 0 radical (unpaired) electrons. The largest absolute Gasteiger partial charge is 0.445 e. The second-order valence-electron chi connectivity index (χ2n) is 6.02. The predicted octanol–water partition coefficient (Wildman–Crippen LogP) is 2.54. The van der Waals surface area contributed by atoms with E-state index in [2.05, 4.69) is 17.1 Å². The number of ether oxygens (including phenoxy) is 1. The molecule has 0 saturated heterocycles. The van der Waals surface area contributed by atoms with E-state index in [4.69, 9.17) is 4.74 Å². The highest BCUT2D eigenvalue weighted by atomic mass is 16.5. The Bertz CT molecular complexity index is 467. The lowest BCUT2D eigenvalue weighted by atomic mass is 9.89. The van der Waals surface area contributed by atoms with E-state index in [0.29, 0.717) is 6.54 Å². The number of nitrogens with one attached hydrogen (secondary N) is 1. The summed E-state index contributed by atoms with van der Waals surface area (Å²) in [5, 5.41) is 12.3. The van der Waals surface area contributed by atoms with Gasteiger partial charge in [-0.2, -0.15) is 0 Å². The molecule has 0 unspecified atom stereocenters. The van der Waals surface area contributed by atoms with E-state index in [9.17, 15) is 9.90 Å². The Morgan fingerprint density at radius 3 is 2.74 bits per heavy atom. The zero-order valence-corrected chi connectivity index (χ0v) is 13.9. The van der Waals surface area contributed by atoms with Crippen LogP contribution in [0.2, 0.25) is 0 Å². The second kappa shape index (κ2) is 9.53. The zero-order valence-electron chi connectivity index (χ0n) is 13.9. The maximum Gasteiger partial charge on any atom is 0.407 e. The highest BCUT2D eigenvalue weighted by molar-refractivity contribution is 5.67. The normalized spacial score (nSPS) is 21.2. The molecule has 1 aromatic rings. The van der Waals surface area contributed by atoms with E-state index in [0.717, 1.165) is 31.4 Å². The molecule has 0 aliphatic heterocycles. The van der Waals surface area contributed by atoms with Gasteiger partial charge in [0.05, 0.1) is 6.61 Å². The van der Waals surface area contributed by atoms with Crippen molar-refractivity contribution in [2.24, 2.45) is 0 Å². The van der Waals surface area contributed by atoms with Crippen LogP contribution in [-0.4, -0.2) is 47.9 Å². The van der Waals surface area contributed by atoms with Crippen molar-refractivity contribution in [1.29, 1.82) is 0 Å². The van der Waals surface area contributed by atoms with Crippen molar-refractivity contribution in [3.8, 4) is 0 Å². The van der Waals surface area contributed by atoms with Crippen molar-refractivity contribution in [2.75, 3.05) is 19.7 Å². The molecule has 5 nitrogen and oxygen atoms in total. The number of nitrogens with zero attached hydrogens (tertiary/aromatic N) is 1. The van der Waals surface area contributed by atoms with Gasteiger partial charge in [-0.05, 0) is 24.9 Å². The van der Waals surface area contributed by atoms with Crippen LogP contribution in [0.4, 0.5) is 4.79 Å². The molecular formula is C18H28N2O3. The Hall–Kier alpha value is -1.59. The monoisotopic (exact) mass is 320 g/mol. The third-order valence-electron chi connectivity index (χ3n) is 4.51. The average molecular weight is 320 g/mol. The molecule has 1 saturated carbocycles. The van der Waals surface area contributed by atoms with Gasteiger partial charge in [0, 0.05) is 18.6 Å². The molecule has 0 heterocycles. The zero-order chi connectivity index (χ0) is 16.5. The summed E-state index contributed by atoms with van der Waals surface area (Å²) in [6.45, 7) is 4.06. The summed E-state index contributed by atoms with van der Waals surface area (Å²) in [6, 6.07) is 10.1. The Morgan fingerprint density at radius 1 is 1.30 bits per heavy atom. The molecule has 1 aromatic carbocycles. The lowest BCUT2D eigenvalue weighted by molar-refractivity contribution is 0.0905. The van der Waals surface area contributed by atoms with E-state index >= 15 is 0 Å². The molecule has 0 aromatic heterocycles. The number of likely N-dealkylation sites (N-methyl/N-ethyl adjacent to an activating group) is 1. The number of carbonyl (C=O) groups is 1. The topological polar surface area (TPSA) is 61.8 Å². The Labute approximate surface area is 138 Å². The van der Waals surface area contributed by atoms with Gasteiger partial charge in [-0.15, -0.1) is 0 Å². The number of hydrogen-bond acceptors (Lipinski definition) is 4. The fourth-order valence-electron chi connectivity index (χ4n) is 3.32. The molecule has 0 spiro atoms. The lowest BCUT2D eigenvalue weighted by Gasteiger charge is -2.39. The summed E-state index contributed by atoms with van der Waals surface area (Å²) in [4.78, 5) is 14.3. The summed E-state index contributed by atoms with van der Waals surface area (Å²) in [6.07, 6.45) is 3.95. The molecule has 1 aliphatic carbocycles. The first-order chi connectivity index (χ1) is 11.2. The first-order valence-electron chi connectivity index (χ1n) is 8.56. The molecular weight excluding hydrogens is 292 g/mol. The van der Waals surface area contributed by atoms with Crippen LogP contribution in [-0.2, 0) is 11.3 Å². The van der Waals surface area contributed by atoms with Crippen molar-refractivity contribution in [2.45, 2.75) is 51.3 Å². The Morgan fingerprint density at radius 2 is 2.04 bits per heavy atom. The van der Waals surface area contributed by atoms with Gasteiger partial charge in [0.25, 0.3) is 0 Å². The number of benzene rings is 1. The predicted molar refractivity (Wildman–Crippen MR) is 90.1 cm³/mol. The number of hydrogen-bond donors (Lipinski definition) is 2. The third kappa shape index (κ3) is 5.52. The first kappa shape index (κ1) is 17.8. The van der Waals surface area contributed by atoms with Crippen molar-refractivity contribution in [3.63, 3.8) is 0 Å². The quantitative estimate of drug-likeness (QED) is 0.810. The van der Waals surface area contributed by atoms with E-state index in [1.807, 2.05) is 30.3 Å². The van der Waals surface area contributed by atoms with Crippen LogP contribution in [0, 0.1) is 0 Å². The highest BCUT2D eigenvalue weighted by Crippen LogP contribution is 2.23. The highest BCUT2D eigenvalue weighted by Gasteiger charge is 2.30. The number of rotatable bonds is 7. The Kier molecular flexibility index (Phi) is 7.36. The van der Waals surface area contributed by atoms with Gasteiger partial charge in [0.15, 0.2) is 0 Å². The van der Waals surface area contributed by atoms with Crippen molar-refractivity contribution in [3.05, 3.63) is 35.9 Å². The van der Waals surface area contributed by atoms with Crippen molar-refractivity contribution < 1.29 is 14.6 Å². The minimum atomic E-state index is -0.356. The average Bonchev–Trinajstić information content (AvgIpc) is 2.59. The summed E-state index contributed by atoms with van der Waals surface area (Å²) in [5.74, 6) is 0. The van der Waals surface area contributed by atoms with Crippen LogP contribution in [0.25, 0.3) is 0 Å². The molecule has 1 amide bonds. The van der Waals surface area contributed by atoms with Crippen LogP contribution >= 0.6 is 0 Å². The minimum Gasteiger partial charge on any atom is -0.445 e. The van der Waals surface area contributed by atoms with Crippen LogP contribution < -0.4 is 5.32 Å². The number of carbonyl (C=O) groups excluding carboxylic acids is 1. The number of amides is 1. The Balaban J connectivity index is 1.86. The van der Waals surface area contributed by atoms with Gasteiger partial charge in [0.2, 0.25) is 0 Å². The van der Waals surface area contributed by atoms with Gasteiger partial charge < -0.3 is 15.2 Å². The standard InChI is InChI=1S/C18H28N2O3/c1-2-20(12-13-21)17-11-7-6-10-16(17)19-18(22)23-14-15-8-4-3-5-9-15/h3-5,8-9,16-17,21H,2,6-7,10-14H2,1H3,(H,19,22)/t16-,17-/m1/s1. The van der Waals surface area contributed by atoms with E-state index in [1.165, 1.54) is 6.42 Å². The summed E-state index contributed by atoms with van der Waals surface area (Å²) in [7, 11) is 0. The molecule has 128 valence electrons. The van der Waals surface area contributed by atoms with Crippen LogP contribution in [0.3, 0.4) is 0 Å². The van der Waals surface area contributed by atoms with Gasteiger partial charge >= 0.3 is 6.09 Å². The van der Waals surface area contributed by atoms with Crippen molar-refractivity contribution >= 4 is 6.09 Å². The van der Waals surface area contributed by atoms with Crippen molar-refractivity contribution in [1.82, 2.24) is 10.2 Å². The summed E-state index contributed by atoms with van der Waals surface area (Å²) in [5.41, 5.74) is 0.985. The van der Waals surface area contributed by atoms with Gasteiger partial charge in [-0.25, -0.2) is 4.79 Å². The van der Waals surface area contributed by atoms with Crippen LogP contribution in [0.5, 0.6) is 0 Å². The molecule has 23 heavy (non-hydrogen) atoms. The van der Waals surface area contributed by atoms with E-state index in [1.54, 1.807) is 0 Å². The molecule has 5 heteroatoms. The molecule has 2 atom stereocenters. The van der Waals surface area contributed by atoms with Gasteiger partial charge in [-0.3, -0.25) is 4.90 Å². The summed E-state index contributed by atoms with van der Waals surface area (Å²) >= 11 is 0. The lowest BCUT2D eigenvalue weighted by Crippen LogP contribution is -2.54.